The number of carbonyl (C=O) groups is 2. The van der Waals surface area contributed by atoms with Gasteiger partial charge in [0.15, 0.2) is 0 Å². The number of amides is 2. The maximum absolute atomic E-state index is 11.9. The van der Waals surface area contributed by atoms with E-state index in [2.05, 4.69) is 0 Å². The van der Waals surface area contributed by atoms with Gasteiger partial charge in [0.25, 0.3) is 11.8 Å². The Hall–Kier alpha value is -1.16. The zero-order valence-electron chi connectivity index (χ0n) is 9.53. The molecule has 0 atom stereocenters. The van der Waals surface area contributed by atoms with Crippen LogP contribution in [0.25, 0.3) is 0 Å². The van der Waals surface area contributed by atoms with Crippen molar-refractivity contribution in [2.45, 2.75) is 44.6 Å². The molecule has 0 unspecified atom stereocenters. The smallest absolute Gasteiger partial charge is 0.257 e. The second-order valence-corrected chi connectivity index (χ2v) is 4.75. The van der Waals surface area contributed by atoms with Gasteiger partial charge in [-0.1, -0.05) is 19.3 Å². The maximum atomic E-state index is 11.9. The minimum Gasteiger partial charge on any atom is -0.394 e. The molecule has 1 fully saturated rings. The van der Waals surface area contributed by atoms with Crippen LogP contribution in [0.5, 0.6) is 0 Å². The number of nitrogens with zero attached hydrogens (tertiary/aromatic N) is 1. The van der Waals surface area contributed by atoms with Crippen LogP contribution in [0.15, 0.2) is 11.6 Å². The molecule has 2 amide bonds. The molecule has 0 bridgehead atoms. The lowest BCUT2D eigenvalue weighted by Crippen LogP contribution is -2.55. The molecule has 88 valence electrons. The van der Waals surface area contributed by atoms with Gasteiger partial charge in [0.05, 0.1) is 12.1 Å². The van der Waals surface area contributed by atoms with Crippen LogP contribution in [-0.4, -0.2) is 34.0 Å². The Morgan fingerprint density at radius 3 is 2.38 bits per heavy atom. The summed E-state index contributed by atoms with van der Waals surface area (Å²) in [5, 5.41) is 9.55. The fourth-order valence-corrected chi connectivity index (χ4v) is 2.70. The molecule has 1 heterocycles. The van der Waals surface area contributed by atoms with Crippen molar-refractivity contribution in [3.8, 4) is 0 Å². The van der Waals surface area contributed by atoms with Crippen LogP contribution in [0.3, 0.4) is 0 Å². The highest BCUT2D eigenvalue weighted by molar-refractivity contribution is 6.16. The number of rotatable bonds is 2. The van der Waals surface area contributed by atoms with Gasteiger partial charge in [-0.2, -0.15) is 0 Å². The molecule has 0 aromatic heterocycles. The van der Waals surface area contributed by atoms with Gasteiger partial charge in [0.1, 0.15) is 0 Å². The van der Waals surface area contributed by atoms with E-state index in [9.17, 15) is 14.7 Å². The summed E-state index contributed by atoms with van der Waals surface area (Å²) in [4.78, 5) is 25.0. The largest absolute Gasteiger partial charge is 0.394 e. The highest BCUT2D eigenvalue weighted by Gasteiger charge is 2.46. The highest BCUT2D eigenvalue weighted by atomic mass is 16.3. The van der Waals surface area contributed by atoms with Gasteiger partial charge < -0.3 is 5.11 Å². The van der Waals surface area contributed by atoms with E-state index in [0.717, 1.165) is 32.1 Å². The molecular formula is C12H17NO3. The van der Waals surface area contributed by atoms with E-state index in [0.29, 0.717) is 5.57 Å². The third-order valence-electron chi connectivity index (χ3n) is 3.65. The number of hydrogen-bond donors (Lipinski definition) is 1. The molecular weight excluding hydrogens is 206 g/mol. The van der Waals surface area contributed by atoms with Crippen LogP contribution in [0.2, 0.25) is 0 Å². The monoisotopic (exact) mass is 223 g/mol. The first-order valence-corrected chi connectivity index (χ1v) is 5.78. The van der Waals surface area contributed by atoms with Gasteiger partial charge in [0, 0.05) is 11.6 Å². The molecule has 1 aliphatic carbocycles. The van der Waals surface area contributed by atoms with Crippen LogP contribution in [0.1, 0.15) is 39.0 Å². The fourth-order valence-electron chi connectivity index (χ4n) is 2.70. The molecule has 1 saturated carbocycles. The maximum Gasteiger partial charge on any atom is 0.257 e. The van der Waals surface area contributed by atoms with E-state index in [1.807, 2.05) is 0 Å². The minimum absolute atomic E-state index is 0.119. The molecule has 0 aromatic rings. The molecule has 0 aromatic carbocycles. The second-order valence-electron chi connectivity index (χ2n) is 4.75. The van der Waals surface area contributed by atoms with Crippen molar-refractivity contribution in [2.24, 2.45) is 0 Å². The Bertz CT molecular complexity index is 353. The summed E-state index contributed by atoms with van der Waals surface area (Å²) in [6.07, 6.45) is 5.87. The lowest BCUT2D eigenvalue weighted by Gasteiger charge is -2.42. The molecule has 2 aliphatic rings. The van der Waals surface area contributed by atoms with Gasteiger partial charge in [-0.05, 0) is 19.8 Å². The zero-order chi connectivity index (χ0) is 11.8. The van der Waals surface area contributed by atoms with Crippen molar-refractivity contribution in [3.63, 3.8) is 0 Å². The van der Waals surface area contributed by atoms with Crippen LogP contribution in [0, 0.1) is 0 Å². The van der Waals surface area contributed by atoms with Crippen LogP contribution >= 0.6 is 0 Å². The normalized spacial score (nSPS) is 24.9. The van der Waals surface area contributed by atoms with Crippen molar-refractivity contribution >= 4 is 11.8 Å². The lowest BCUT2D eigenvalue weighted by molar-refractivity contribution is -0.148. The Morgan fingerprint density at radius 1 is 1.31 bits per heavy atom. The van der Waals surface area contributed by atoms with Gasteiger partial charge in [0.2, 0.25) is 0 Å². The van der Waals surface area contributed by atoms with E-state index in [1.165, 1.54) is 11.0 Å². The van der Waals surface area contributed by atoms with Gasteiger partial charge in [-0.25, -0.2) is 0 Å². The average Bonchev–Trinajstić information content (AvgIpc) is 2.54. The SMILES string of the molecule is CC1=CC(=O)N(C2(CO)CCCCC2)C1=O. The standard InChI is InChI=1S/C12H17NO3/c1-9-7-10(15)13(11(9)16)12(8-14)5-3-2-4-6-12/h7,14H,2-6,8H2,1H3. The van der Waals surface area contributed by atoms with Crippen molar-refractivity contribution < 1.29 is 14.7 Å². The average molecular weight is 223 g/mol. The topological polar surface area (TPSA) is 57.6 Å². The first kappa shape index (κ1) is 11.3. The summed E-state index contributed by atoms with van der Waals surface area (Å²) < 4.78 is 0. The van der Waals surface area contributed by atoms with Crippen LogP contribution < -0.4 is 0 Å². The van der Waals surface area contributed by atoms with E-state index < -0.39 is 5.54 Å². The van der Waals surface area contributed by atoms with Gasteiger partial charge >= 0.3 is 0 Å². The predicted octanol–water partition coefficient (Wildman–Crippen LogP) is 0.997. The third kappa shape index (κ3) is 1.57. The molecule has 0 spiro atoms. The Balaban J connectivity index is 2.28. The fraction of sp³-hybridized carbons (Fsp3) is 0.667. The minimum atomic E-state index is -0.638. The number of aliphatic hydroxyl groups excluding tert-OH is 1. The number of aliphatic hydroxyl groups is 1. The van der Waals surface area contributed by atoms with E-state index in [-0.39, 0.29) is 18.4 Å². The van der Waals surface area contributed by atoms with Gasteiger partial charge in [-0.3, -0.25) is 14.5 Å². The highest BCUT2D eigenvalue weighted by Crippen LogP contribution is 2.36. The lowest BCUT2D eigenvalue weighted by atomic mass is 9.81. The second kappa shape index (κ2) is 4.01. The Morgan fingerprint density at radius 2 is 1.94 bits per heavy atom. The quantitative estimate of drug-likeness (QED) is 0.710. The zero-order valence-corrected chi connectivity index (χ0v) is 9.53. The number of carbonyl (C=O) groups excluding carboxylic acids is 2. The summed E-state index contributed by atoms with van der Waals surface area (Å²) >= 11 is 0. The summed E-state index contributed by atoms with van der Waals surface area (Å²) in [6.45, 7) is 1.53. The number of hydrogen-bond acceptors (Lipinski definition) is 3. The molecule has 0 saturated heterocycles. The van der Waals surface area contributed by atoms with Crippen molar-refractivity contribution in [2.75, 3.05) is 6.61 Å². The first-order chi connectivity index (χ1) is 7.60. The molecule has 4 nitrogen and oxygen atoms in total. The number of imide groups is 1. The molecule has 0 radical (unpaired) electrons. The third-order valence-corrected chi connectivity index (χ3v) is 3.65. The molecule has 4 heteroatoms. The van der Waals surface area contributed by atoms with Crippen molar-refractivity contribution in [1.29, 1.82) is 0 Å². The molecule has 1 aliphatic heterocycles. The summed E-state index contributed by atoms with van der Waals surface area (Å²) in [5.41, 5.74) is -0.163. The summed E-state index contributed by atoms with van der Waals surface area (Å²) in [7, 11) is 0. The van der Waals surface area contributed by atoms with Gasteiger partial charge in [-0.15, -0.1) is 0 Å². The Labute approximate surface area is 94.9 Å². The van der Waals surface area contributed by atoms with E-state index in [1.54, 1.807) is 6.92 Å². The van der Waals surface area contributed by atoms with Crippen LogP contribution in [-0.2, 0) is 9.59 Å². The molecule has 2 rings (SSSR count). The van der Waals surface area contributed by atoms with Crippen molar-refractivity contribution in [3.05, 3.63) is 11.6 Å². The Kier molecular flexibility index (Phi) is 2.84. The predicted molar refractivity (Wildman–Crippen MR) is 58.5 cm³/mol. The summed E-state index contributed by atoms with van der Waals surface area (Å²) in [6, 6.07) is 0. The molecule has 16 heavy (non-hydrogen) atoms. The summed E-state index contributed by atoms with van der Waals surface area (Å²) in [5.74, 6) is -0.501. The first-order valence-electron chi connectivity index (χ1n) is 5.78. The van der Waals surface area contributed by atoms with E-state index >= 15 is 0 Å². The molecule has 1 N–H and O–H groups in total. The van der Waals surface area contributed by atoms with E-state index in [4.69, 9.17) is 0 Å². The van der Waals surface area contributed by atoms with Crippen molar-refractivity contribution in [1.82, 2.24) is 4.90 Å². The van der Waals surface area contributed by atoms with Crippen LogP contribution in [0.4, 0.5) is 0 Å².